The van der Waals surface area contributed by atoms with E-state index < -0.39 is 0 Å². The second-order valence-electron chi connectivity index (χ2n) is 6.91. The van der Waals surface area contributed by atoms with Crippen molar-refractivity contribution < 1.29 is 0 Å². The molecule has 7 nitrogen and oxygen atoms in total. The summed E-state index contributed by atoms with van der Waals surface area (Å²) in [5, 5.41) is 15.0. The van der Waals surface area contributed by atoms with Gasteiger partial charge >= 0.3 is 0 Å². The minimum atomic E-state index is -0.200. The third-order valence-electron chi connectivity index (χ3n) is 5.12. The number of hydrogen-bond donors (Lipinski definition) is 1. The Labute approximate surface area is 172 Å². The lowest BCUT2D eigenvalue weighted by atomic mass is 9.99. The number of aromatic amines is 1. The molecule has 7 heteroatoms. The largest absolute Gasteiger partial charge is 0.346 e. The number of H-pyrrole nitrogens is 1. The van der Waals surface area contributed by atoms with Gasteiger partial charge in [0, 0.05) is 35.7 Å². The third kappa shape index (κ3) is 3.20. The van der Waals surface area contributed by atoms with E-state index in [0.717, 1.165) is 39.0 Å². The maximum atomic E-state index is 9.46. The average Bonchev–Trinajstić information content (AvgIpc) is 3.48. The van der Waals surface area contributed by atoms with Crippen molar-refractivity contribution in [3.8, 4) is 28.5 Å². The maximum absolute atomic E-state index is 9.46. The lowest BCUT2D eigenvalue weighted by Crippen LogP contribution is -2.10. The number of benzene rings is 1. The monoisotopic (exact) mass is 391 g/mol. The van der Waals surface area contributed by atoms with Crippen LogP contribution in [0, 0.1) is 11.3 Å². The molecule has 1 aromatic carbocycles. The molecular weight excluding hydrogens is 374 g/mol. The summed E-state index contributed by atoms with van der Waals surface area (Å²) in [6.45, 7) is 0. The normalized spacial score (nSPS) is 12.0. The minimum absolute atomic E-state index is 0.200. The summed E-state index contributed by atoms with van der Waals surface area (Å²) >= 11 is 0. The summed E-state index contributed by atoms with van der Waals surface area (Å²) < 4.78 is 1.84. The first kappa shape index (κ1) is 17.8. The number of fused-ring (bicyclic) bond motifs is 1. The number of nitrogens with one attached hydrogen (secondary N) is 1. The number of rotatable bonds is 5. The molecule has 0 aliphatic heterocycles. The van der Waals surface area contributed by atoms with Crippen LogP contribution in [0.5, 0.6) is 0 Å². The fourth-order valence-electron chi connectivity index (χ4n) is 3.65. The number of hydrogen-bond acceptors (Lipinski definition) is 5. The van der Waals surface area contributed by atoms with Crippen molar-refractivity contribution in [2.24, 2.45) is 0 Å². The highest BCUT2D eigenvalue weighted by Gasteiger charge is 2.17. The summed E-state index contributed by atoms with van der Waals surface area (Å²) in [6, 6.07) is 16.2. The molecule has 5 aromatic rings. The van der Waals surface area contributed by atoms with Crippen LogP contribution in [0.25, 0.3) is 33.4 Å². The molecule has 30 heavy (non-hydrogen) atoms. The summed E-state index contributed by atoms with van der Waals surface area (Å²) in [5.74, 6) is 0. The molecule has 0 radical (unpaired) electrons. The Kier molecular flexibility index (Phi) is 4.50. The van der Waals surface area contributed by atoms with Gasteiger partial charge < -0.3 is 4.98 Å². The van der Waals surface area contributed by atoms with E-state index in [2.05, 4.69) is 43.2 Å². The van der Waals surface area contributed by atoms with E-state index in [0.29, 0.717) is 6.42 Å². The first-order valence-electron chi connectivity index (χ1n) is 9.53. The fraction of sp³-hybridized carbons (Fsp3) is 0.0870. The molecule has 1 atom stereocenters. The molecule has 4 heterocycles. The molecule has 5 rings (SSSR count). The molecule has 0 saturated heterocycles. The highest BCUT2D eigenvalue weighted by Crippen LogP contribution is 2.29. The standard InChI is InChI=1S/C23H17N7/c24-8-4-21(18-3-1-2-17(12-18)16-5-9-25-10-6-16)30-14-19(13-29-30)22-20-7-11-26-23(20)28-15-27-22/h1-3,5-7,9-15,21H,4H2,(H,26,27,28). The Balaban J connectivity index is 1.54. The van der Waals surface area contributed by atoms with Gasteiger partial charge in [-0.3, -0.25) is 9.67 Å². The van der Waals surface area contributed by atoms with Crippen LogP contribution in [0.2, 0.25) is 0 Å². The number of nitriles is 1. The van der Waals surface area contributed by atoms with Crippen LogP contribution in [0.1, 0.15) is 18.0 Å². The smallest absolute Gasteiger partial charge is 0.141 e. The highest BCUT2D eigenvalue weighted by molar-refractivity contribution is 5.90. The van der Waals surface area contributed by atoms with Gasteiger partial charge in [-0.25, -0.2) is 9.97 Å². The van der Waals surface area contributed by atoms with E-state index in [1.165, 1.54) is 6.33 Å². The molecule has 1 unspecified atom stereocenters. The van der Waals surface area contributed by atoms with Crippen LogP contribution >= 0.6 is 0 Å². The zero-order valence-electron chi connectivity index (χ0n) is 16.0. The number of aromatic nitrogens is 6. The van der Waals surface area contributed by atoms with Gasteiger partial charge in [0.2, 0.25) is 0 Å². The van der Waals surface area contributed by atoms with E-state index in [1.807, 2.05) is 47.4 Å². The van der Waals surface area contributed by atoms with Crippen LogP contribution in [-0.4, -0.2) is 29.7 Å². The first-order valence-corrected chi connectivity index (χ1v) is 9.53. The van der Waals surface area contributed by atoms with Gasteiger partial charge in [0.05, 0.1) is 30.4 Å². The molecule has 0 saturated carbocycles. The Hall–Kier alpha value is -4.31. The summed E-state index contributed by atoms with van der Waals surface area (Å²) in [7, 11) is 0. The maximum Gasteiger partial charge on any atom is 0.141 e. The predicted octanol–water partition coefficient (Wildman–Crippen LogP) is 4.39. The zero-order valence-corrected chi connectivity index (χ0v) is 16.0. The van der Waals surface area contributed by atoms with Crippen molar-refractivity contribution >= 4 is 11.0 Å². The van der Waals surface area contributed by atoms with Gasteiger partial charge in [-0.15, -0.1) is 0 Å². The van der Waals surface area contributed by atoms with Crippen molar-refractivity contribution in [1.29, 1.82) is 5.26 Å². The molecule has 0 aliphatic rings. The van der Waals surface area contributed by atoms with E-state index in [9.17, 15) is 5.26 Å². The molecule has 0 aliphatic carbocycles. The van der Waals surface area contributed by atoms with E-state index in [1.54, 1.807) is 18.6 Å². The molecule has 0 spiro atoms. The van der Waals surface area contributed by atoms with Crippen molar-refractivity contribution in [1.82, 2.24) is 29.7 Å². The summed E-state index contributed by atoms with van der Waals surface area (Å²) in [5.41, 5.74) is 5.67. The molecule has 0 bridgehead atoms. The van der Waals surface area contributed by atoms with Crippen LogP contribution in [0.3, 0.4) is 0 Å². The lowest BCUT2D eigenvalue weighted by molar-refractivity contribution is 0.532. The molecule has 4 aromatic heterocycles. The summed E-state index contributed by atoms with van der Waals surface area (Å²) in [6.07, 6.45) is 11.0. The van der Waals surface area contributed by atoms with Gasteiger partial charge in [0.1, 0.15) is 12.0 Å². The molecule has 0 fully saturated rings. The van der Waals surface area contributed by atoms with E-state index in [-0.39, 0.29) is 6.04 Å². The Morgan fingerprint density at radius 2 is 1.93 bits per heavy atom. The summed E-state index contributed by atoms with van der Waals surface area (Å²) in [4.78, 5) is 15.9. The molecule has 144 valence electrons. The van der Waals surface area contributed by atoms with Crippen LogP contribution in [0.4, 0.5) is 0 Å². The van der Waals surface area contributed by atoms with E-state index in [4.69, 9.17) is 0 Å². The van der Waals surface area contributed by atoms with Crippen LogP contribution in [0.15, 0.2) is 79.8 Å². The first-order chi connectivity index (χ1) is 14.8. The molecule has 0 amide bonds. The minimum Gasteiger partial charge on any atom is -0.346 e. The predicted molar refractivity (Wildman–Crippen MR) is 113 cm³/mol. The zero-order chi connectivity index (χ0) is 20.3. The second kappa shape index (κ2) is 7.60. The van der Waals surface area contributed by atoms with E-state index >= 15 is 0 Å². The van der Waals surface area contributed by atoms with Gasteiger partial charge in [-0.05, 0) is 41.0 Å². The van der Waals surface area contributed by atoms with Crippen LogP contribution < -0.4 is 0 Å². The average molecular weight is 391 g/mol. The third-order valence-corrected chi connectivity index (χ3v) is 5.12. The number of nitrogens with zero attached hydrogens (tertiary/aromatic N) is 6. The van der Waals surface area contributed by atoms with Crippen LogP contribution in [-0.2, 0) is 0 Å². The van der Waals surface area contributed by atoms with Gasteiger partial charge in [0.15, 0.2) is 0 Å². The Bertz CT molecular complexity index is 1340. The van der Waals surface area contributed by atoms with Crippen molar-refractivity contribution in [2.75, 3.05) is 0 Å². The Morgan fingerprint density at radius 3 is 2.80 bits per heavy atom. The van der Waals surface area contributed by atoms with Gasteiger partial charge in [-0.1, -0.05) is 18.2 Å². The van der Waals surface area contributed by atoms with Gasteiger partial charge in [-0.2, -0.15) is 10.4 Å². The van der Waals surface area contributed by atoms with Crippen molar-refractivity contribution in [3.05, 3.63) is 85.3 Å². The topological polar surface area (TPSA) is 96.1 Å². The number of pyridine rings is 1. The lowest BCUT2D eigenvalue weighted by Gasteiger charge is -2.16. The molecular formula is C23H17N7. The fourth-order valence-corrected chi connectivity index (χ4v) is 3.65. The quantitative estimate of drug-likeness (QED) is 0.479. The second-order valence-corrected chi connectivity index (χ2v) is 6.91. The van der Waals surface area contributed by atoms with Crippen molar-refractivity contribution in [3.63, 3.8) is 0 Å². The SMILES string of the molecule is N#CCC(c1cccc(-c2ccncc2)c1)n1cc(-c2ncnc3[nH]ccc23)cn1. The Morgan fingerprint density at radius 1 is 1.03 bits per heavy atom. The highest BCUT2D eigenvalue weighted by atomic mass is 15.3. The molecule has 1 N–H and O–H groups in total. The van der Waals surface area contributed by atoms with Crippen molar-refractivity contribution in [2.45, 2.75) is 12.5 Å². The van der Waals surface area contributed by atoms with Gasteiger partial charge in [0.25, 0.3) is 0 Å².